The van der Waals surface area contributed by atoms with Crippen molar-refractivity contribution >= 4 is 16.8 Å². The Hall–Kier alpha value is -2.69. The number of rotatable bonds is 4. The Morgan fingerprint density at radius 2 is 2.24 bits per heavy atom. The van der Waals surface area contributed by atoms with Gasteiger partial charge in [-0.15, -0.1) is 0 Å². The fourth-order valence-corrected chi connectivity index (χ4v) is 2.33. The summed E-state index contributed by atoms with van der Waals surface area (Å²) in [5.41, 5.74) is 2.38. The molecule has 0 aliphatic carbocycles. The van der Waals surface area contributed by atoms with Crippen molar-refractivity contribution < 1.29 is 13.9 Å². The first-order chi connectivity index (χ1) is 10.2. The molecule has 3 rings (SSSR count). The number of furan rings is 1. The van der Waals surface area contributed by atoms with Gasteiger partial charge in [0.25, 0.3) is 5.91 Å². The van der Waals surface area contributed by atoms with Gasteiger partial charge in [0.15, 0.2) is 0 Å². The van der Waals surface area contributed by atoms with E-state index in [0.29, 0.717) is 12.2 Å². The zero-order chi connectivity index (χ0) is 14.8. The Kier molecular flexibility index (Phi) is 3.39. The molecule has 5 heteroatoms. The molecule has 0 aliphatic rings. The molecule has 1 aromatic carbocycles. The molecular formula is C16H16N2O3. The molecule has 2 aromatic heterocycles. The second-order valence-corrected chi connectivity index (χ2v) is 4.80. The van der Waals surface area contributed by atoms with Crippen molar-refractivity contribution in [2.24, 2.45) is 0 Å². The average Bonchev–Trinajstić information content (AvgIpc) is 3.13. The lowest BCUT2D eigenvalue weighted by Crippen LogP contribution is -2.23. The van der Waals surface area contributed by atoms with E-state index >= 15 is 0 Å². The van der Waals surface area contributed by atoms with Gasteiger partial charge in [-0.05, 0) is 42.8 Å². The lowest BCUT2D eigenvalue weighted by Gasteiger charge is -2.02. The summed E-state index contributed by atoms with van der Waals surface area (Å²) in [5.74, 6) is 1.34. The van der Waals surface area contributed by atoms with E-state index in [2.05, 4.69) is 10.3 Å². The quantitative estimate of drug-likeness (QED) is 0.774. The summed E-state index contributed by atoms with van der Waals surface area (Å²) in [4.78, 5) is 15.4. The fraction of sp³-hybridized carbons (Fsp3) is 0.188. The van der Waals surface area contributed by atoms with Gasteiger partial charge in [-0.2, -0.15) is 0 Å². The molecule has 0 spiro atoms. The number of aromatic amines is 1. The summed E-state index contributed by atoms with van der Waals surface area (Å²) < 4.78 is 10.4. The monoisotopic (exact) mass is 284 g/mol. The van der Waals surface area contributed by atoms with Crippen molar-refractivity contribution in [3.8, 4) is 5.75 Å². The molecule has 5 nitrogen and oxygen atoms in total. The van der Waals surface area contributed by atoms with E-state index in [4.69, 9.17) is 9.15 Å². The third kappa shape index (κ3) is 2.50. The van der Waals surface area contributed by atoms with Crippen LogP contribution in [0.25, 0.3) is 10.9 Å². The van der Waals surface area contributed by atoms with Crippen molar-refractivity contribution in [2.45, 2.75) is 13.5 Å². The highest BCUT2D eigenvalue weighted by Crippen LogP contribution is 2.25. The molecule has 0 atom stereocenters. The first-order valence-electron chi connectivity index (χ1n) is 6.66. The molecule has 0 unspecified atom stereocenters. The second-order valence-electron chi connectivity index (χ2n) is 4.80. The molecule has 0 aliphatic heterocycles. The maximum absolute atomic E-state index is 12.3. The predicted molar refractivity (Wildman–Crippen MR) is 79.5 cm³/mol. The number of carbonyl (C=O) groups is 1. The van der Waals surface area contributed by atoms with Gasteiger partial charge in [-0.1, -0.05) is 0 Å². The fourth-order valence-electron chi connectivity index (χ4n) is 2.33. The highest BCUT2D eigenvalue weighted by atomic mass is 16.5. The Morgan fingerprint density at radius 1 is 1.38 bits per heavy atom. The Balaban J connectivity index is 1.85. The minimum Gasteiger partial charge on any atom is -0.497 e. The number of benzene rings is 1. The van der Waals surface area contributed by atoms with E-state index < -0.39 is 0 Å². The van der Waals surface area contributed by atoms with Crippen molar-refractivity contribution in [1.82, 2.24) is 10.3 Å². The third-order valence-electron chi connectivity index (χ3n) is 3.50. The van der Waals surface area contributed by atoms with E-state index in [1.807, 2.05) is 31.2 Å². The van der Waals surface area contributed by atoms with Crippen LogP contribution in [0.15, 0.2) is 41.0 Å². The molecular weight excluding hydrogens is 268 g/mol. The molecule has 21 heavy (non-hydrogen) atoms. The Bertz CT molecular complexity index is 772. The van der Waals surface area contributed by atoms with Gasteiger partial charge < -0.3 is 19.5 Å². The average molecular weight is 284 g/mol. The van der Waals surface area contributed by atoms with Crippen LogP contribution in [0, 0.1) is 6.92 Å². The van der Waals surface area contributed by atoms with Crippen LogP contribution < -0.4 is 10.1 Å². The molecule has 0 bridgehead atoms. The molecule has 108 valence electrons. The highest BCUT2D eigenvalue weighted by molar-refractivity contribution is 6.01. The summed E-state index contributed by atoms with van der Waals surface area (Å²) in [6.45, 7) is 2.28. The number of ether oxygens (including phenoxy) is 1. The van der Waals surface area contributed by atoms with Crippen LogP contribution in [-0.4, -0.2) is 18.0 Å². The summed E-state index contributed by atoms with van der Waals surface area (Å²) in [5, 5.41) is 3.82. The van der Waals surface area contributed by atoms with Gasteiger partial charge in [-0.25, -0.2) is 0 Å². The summed E-state index contributed by atoms with van der Waals surface area (Å²) in [6.07, 6.45) is 1.59. The summed E-state index contributed by atoms with van der Waals surface area (Å²) in [6, 6.07) is 9.31. The number of fused-ring (bicyclic) bond motifs is 1. The molecule has 3 aromatic rings. The first kappa shape index (κ1) is 13.3. The molecule has 1 amide bonds. The Labute approximate surface area is 121 Å². The minimum absolute atomic E-state index is 0.154. The van der Waals surface area contributed by atoms with E-state index in [0.717, 1.165) is 28.0 Å². The van der Waals surface area contributed by atoms with Crippen LogP contribution in [0.4, 0.5) is 0 Å². The van der Waals surface area contributed by atoms with E-state index in [1.54, 1.807) is 19.4 Å². The predicted octanol–water partition coefficient (Wildman–Crippen LogP) is 3.01. The smallest absolute Gasteiger partial charge is 0.268 e. The van der Waals surface area contributed by atoms with E-state index in [-0.39, 0.29) is 5.91 Å². The number of aromatic nitrogens is 1. The van der Waals surface area contributed by atoms with Crippen molar-refractivity contribution in [3.63, 3.8) is 0 Å². The first-order valence-corrected chi connectivity index (χ1v) is 6.66. The number of carbonyl (C=O) groups excluding carboxylic acids is 1. The minimum atomic E-state index is -0.154. The van der Waals surface area contributed by atoms with Crippen LogP contribution in [-0.2, 0) is 6.54 Å². The number of amides is 1. The maximum atomic E-state index is 12.3. The Morgan fingerprint density at radius 3 is 2.95 bits per heavy atom. The summed E-state index contributed by atoms with van der Waals surface area (Å²) in [7, 11) is 1.63. The van der Waals surface area contributed by atoms with Gasteiger partial charge in [0.05, 0.1) is 19.9 Å². The van der Waals surface area contributed by atoms with Crippen LogP contribution in [0.3, 0.4) is 0 Å². The number of methoxy groups -OCH3 is 1. The van der Waals surface area contributed by atoms with Crippen LogP contribution >= 0.6 is 0 Å². The molecule has 2 heterocycles. The van der Waals surface area contributed by atoms with Gasteiger partial charge in [-0.3, -0.25) is 4.79 Å². The second kappa shape index (κ2) is 5.36. The largest absolute Gasteiger partial charge is 0.497 e. The zero-order valence-electron chi connectivity index (χ0n) is 11.9. The van der Waals surface area contributed by atoms with Gasteiger partial charge in [0, 0.05) is 10.9 Å². The van der Waals surface area contributed by atoms with Gasteiger partial charge in [0.2, 0.25) is 0 Å². The van der Waals surface area contributed by atoms with E-state index in [1.165, 1.54) is 0 Å². The van der Waals surface area contributed by atoms with Crippen LogP contribution in [0.5, 0.6) is 5.75 Å². The van der Waals surface area contributed by atoms with Gasteiger partial charge >= 0.3 is 0 Å². The standard InChI is InChI=1S/C16H16N2O3/c1-10-13-8-11(20-2)5-6-14(13)18-15(10)16(19)17-9-12-4-3-7-21-12/h3-8,18H,9H2,1-2H3,(H,17,19). The van der Waals surface area contributed by atoms with Gasteiger partial charge in [0.1, 0.15) is 17.2 Å². The molecule has 0 saturated carbocycles. The lowest BCUT2D eigenvalue weighted by molar-refractivity contribution is 0.0943. The third-order valence-corrected chi connectivity index (χ3v) is 3.50. The van der Waals surface area contributed by atoms with E-state index in [9.17, 15) is 4.79 Å². The maximum Gasteiger partial charge on any atom is 0.268 e. The van der Waals surface area contributed by atoms with Crippen molar-refractivity contribution in [3.05, 3.63) is 53.6 Å². The van der Waals surface area contributed by atoms with Crippen LogP contribution in [0.1, 0.15) is 21.8 Å². The molecule has 0 saturated heterocycles. The SMILES string of the molecule is COc1ccc2[nH]c(C(=O)NCc3ccco3)c(C)c2c1. The molecule has 0 fully saturated rings. The summed E-state index contributed by atoms with van der Waals surface area (Å²) >= 11 is 0. The number of nitrogens with one attached hydrogen (secondary N) is 2. The van der Waals surface area contributed by atoms with Crippen LogP contribution in [0.2, 0.25) is 0 Å². The lowest BCUT2D eigenvalue weighted by atomic mass is 10.1. The number of hydrogen-bond acceptors (Lipinski definition) is 3. The zero-order valence-corrected chi connectivity index (χ0v) is 11.9. The van der Waals surface area contributed by atoms with Crippen molar-refractivity contribution in [1.29, 1.82) is 0 Å². The number of hydrogen-bond donors (Lipinski definition) is 2. The molecule has 0 radical (unpaired) electrons. The highest BCUT2D eigenvalue weighted by Gasteiger charge is 2.15. The number of aryl methyl sites for hydroxylation is 1. The topological polar surface area (TPSA) is 67.3 Å². The normalized spacial score (nSPS) is 10.8. The number of H-pyrrole nitrogens is 1. The van der Waals surface area contributed by atoms with Crippen molar-refractivity contribution in [2.75, 3.05) is 7.11 Å². The molecule has 2 N–H and O–H groups in total.